The van der Waals surface area contributed by atoms with Crippen LogP contribution in [0.2, 0.25) is 0 Å². The van der Waals surface area contributed by atoms with Crippen LogP contribution in [0, 0.1) is 0 Å². The molecule has 0 saturated heterocycles. The number of para-hydroxylation sites is 1. The van der Waals surface area contributed by atoms with E-state index < -0.39 is 12.1 Å². The summed E-state index contributed by atoms with van der Waals surface area (Å²) in [6.45, 7) is 34.1. The van der Waals surface area contributed by atoms with E-state index in [-0.39, 0.29) is 39.8 Å². The summed E-state index contributed by atoms with van der Waals surface area (Å²) in [5.74, 6) is 0. The molecule has 5 heterocycles. The van der Waals surface area contributed by atoms with Crippen LogP contribution in [0.5, 0.6) is 0 Å². The SMILES string of the molecule is [2H]c1c([2H])c(-n2c3ccccc3c3cc4ccc5cccc6ccc(c4c56)c32)c([2H])c2c1B1c3sc4cc(-n5c6ccc(C(C)(C)C)cc6c6cc(C(C)(C)C)ccc65)ccc4c3N(c3c(-c4ccccc4)cc(C(C)(C)C)cc3-c3ccccc3)c3cc(C(C)(C)C)cc(c31)N2c1c(-c2ccccc2)cc(C(C)(C)C)cc1-c1ccccc1. The van der Waals surface area contributed by atoms with Crippen LogP contribution in [0.3, 0.4) is 0 Å². The van der Waals surface area contributed by atoms with Gasteiger partial charge < -0.3 is 18.9 Å². The Kier molecular flexibility index (Phi) is 15.1. The molecule has 116 heavy (non-hydrogen) atoms. The number of hydrogen-bond donors (Lipinski definition) is 0. The Morgan fingerprint density at radius 1 is 0.302 bits per heavy atom. The molecule has 16 aromatic carbocycles. The summed E-state index contributed by atoms with van der Waals surface area (Å²) in [4.78, 5) is 5.12. The molecule has 0 amide bonds. The van der Waals surface area contributed by atoms with Crippen LogP contribution in [0.15, 0.2) is 303 Å². The Bertz CT molecular complexity index is 7250. The molecule has 0 saturated carbocycles. The molecule has 3 aromatic heterocycles. The topological polar surface area (TPSA) is 16.3 Å². The molecule has 564 valence electrons. The summed E-state index contributed by atoms with van der Waals surface area (Å²) in [6, 6.07) is 107. The minimum atomic E-state index is -0.693. The van der Waals surface area contributed by atoms with Crippen LogP contribution >= 0.6 is 11.3 Å². The van der Waals surface area contributed by atoms with Crippen LogP contribution in [0.1, 0.15) is 136 Å². The quantitative estimate of drug-likeness (QED) is 0.111. The molecule has 0 spiro atoms. The van der Waals surface area contributed by atoms with Crippen molar-refractivity contribution in [3.05, 3.63) is 331 Å². The number of benzene rings is 16. The zero-order valence-corrected chi connectivity index (χ0v) is 69.7. The van der Waals surface area contributed by atoms with Crippen molar-refractivity contribution in [3.63, 3.8) is 0 Å². The van der Waals surface area contributed by atoms with Gasteiger partial charge in [0.15, 0.2) is 0 Å². The Morgan fingerprint density at radius 3 is 1.27 bits per heavy atom. The van der Waals surface area contributed by atoms with Crippen molar-refractivity contribution in [3.8, 4) is 55.9 Å². The first-order valence-electron chi connectivity index (χ1n) is 42.7. The molecule has 2 aliphatic heterocycles. The van der Waals surface area contributed by atoms with Crippen LogP contribution < -0.4 is 25.5 Å². The molecule has 0 unspecified atom stereocenters. The summed E-state index contributed by atoms with van der Waals surface area (Å²) >= 11 is 1.80. The third-order valence-electron chi connectivity index (χ3n) is 25.2. The second kappa shape index (κ2) is 25.6. The second-order valence-corrected chi connectivity index (χ2v) is 38.9. The molecular formula is C110H95BN4S. The molecule has 0 N–H and O–H groups in total. The maximum atomic E-state index is 12.2. The minimum Gasteiger partial charge on any atom is -0.310 e. The summed E-state index contributed by atoms with van der Waals surface area (Å²) in [6.07, 6.45) is 0. The molecule has 2 aliphatic rings. The molecule has 0 bridgehead atoms. The van der Waals surface area contributed by atoms with Gasteiger partial charge in [0.05, 0.1) is 43.2 Å². The summed E-state index contributed by atoms with van der Waals surface area (Å²) in [5, 5.41) is 12.4. The molecule has 19 aromatic rings. The standard InChI is InChI=1S/C110H95BN4S/c1-106(2,3)73-46-53-92-87(56-73)88-57-74(107(4,5)6)47-54-93(88)112(92)79-48-51-81-97(65-79)116-105-104(81)115(103-85(68-35-24-18-25-36-68)60-76(109(10,11)12)61-86(103)69-37-26-19-27-38-69)96-63-77(110(13,14)15)62-95-100(96)111(105)90-52-49-78(113-91-42-29-28-41-80(91)89-55-72-44-43-70-39-30-40-71-45-50-82(101(89)113)99(72)98(70)71)64-94(90)114(95)102-83(66-31-20-16-21-32-66)58-75(108(7,8)9)59-84(102)67-33-22-17-23-34-67/h16-65H,1-15H3/i49D,52D,64D. The predicted molar refractivity (Wildman–Crippen MR) is 503 cm³/mol. The average Bonchev–Trinajstić information content (AvgIpc) is 1.67. The first-order valence-corrected chi connectivity index (χ1v) is 42.1. The van der Waals surface area contributed by atoms with Crippen molar-refractivity contribution < 1.29 is 4.11 Å². The molecular weight excluding hydrogens is 1420 g/mol. The van der Waals surface area contributed by atoms with Gasteiger partial charge in [-0.1, -0.05) is 304 Å². The summed E-state index contributed by atoms with van der Waals surface area (Å²) in [7, 11) is 0. The van der Waals surface area contributed by atoms with Gasteiger partial charge in [0.25, 0.3) is 6.71 Å². The summed E-state index contributed by atoms with van der Waals surface area (Å²) in [5.41, 5.74) is 25.8. The molecule has 6 heteroatoms. The van der Waals surface area contributed by atoms with Crippen molar-refractivity contribution in [1.82, 2.24) is 9.13 Å². The highest BCUT2D eigenvalue weighted by molar-refractivity contribution is 7.33. The van der Waals surface area contributed by atoms with Crippen molar-refractivity contribution in [2.45, 2.75) is 131 Å². The fraction of sp³-hybridized carbons (Fsp3) is 0.182. The zero-order valence-electron chi connectivity index (χ0n) is 71.9. The molecule has 0 atom stereocenters. The molecule has 0 aliphatic carbocycles. The molecule has 0 radical (unpaired) electrons. The van der Waals surface area contributed by atoms with Gasteiger partial charge in [-0.2, -0.15) is 0 Å². The lowest BCUT2D eigenvalue weighted by Gasteiger charge is -2.46. The molecule has 21 rings (SSSR count). The minimum absolute atomic E-state index is 0.00789. The van der Waals surface area contributed by atoms with Gasteiger partial charge in [0, 0.05) is 92.5 Å². The maximum Gasteiger partial charge on any atom is 0.264 e. The third kappa shape index (κ3) is 11.1. The maximum absolute atomic E-state index is 12.2. The lowest BCUT2D eigenvalue weighted by Crippen LogP contribution is -2.60. The Morgan fingerprint density at radius 2 is 0.750 bits per heavy atom. The van der Waals surface area contributed by atoms with Gasteiger partial charge in [-0.05, 0) is 218 Å². The van der Waals surface area contributed by atoms with Gasteiger partial charge in [-0.25, -0.2) is 0 Å². The van der Waals surface area contributed by atoms with E-state index in [0.717, 1.165) is 170 Å². The normalized spacial score (nSPS) is 13.8. The van der Waals surface area contributed by atoms with Crippen LogP contribution in [0.25, 0.3) is 142 Å². The zero-order chi connectivity index (χ0) is 82.2. The Labute approximate surface area is 690 Å². The highest BCUT2D eigenvalue weighted by Gasteiger charge is 2.48. The van der Waals surface area contributed by atoms with Gasteiger partial charge in [-0.15, -0.1) is 11.3 Å². The lowest BCUT2D eigenvalue weighted by molar-refractivity contribution is 0.590. The number of aromatic nitrogens is 2. The van der Waals surface area contributed by atoms with E-state index in [2.05, 4.69) is 408 Å². The fourth-order valence-corrected chi connectivity index (χ4v) is 20.4. The van der Waals surface area contributed by atoms with Gasteiger partial charge >= 0.3 is 0 Å². The highest BCUT2D eigenvalue weighted by atomic mass is 32.1. The second-order valence-electron chi connectivity index (χ2n) is 37.8. The van der Waals surface area contributed by atoms with Crippen LogP contribution in [-0.2, 0) is 27.1 Å². The van der Waals surface area contributed by atoms with E-state index in [9.17, 15) is 4.11 Å². The van der Waals surface area contributed by atoms with Gasteiger partial charge in [0.1, 0.15) is 0 Å². The fourth-order valence-electron chi connectivity index (χ4n) is 19.1. The largest absolute Gasteiger partial charge is 0.310 e. The van der Waals surface area contributed by atoms with Gasteiger partial charge in [0.2, 0.25) is 0 Å². The van der Waals surface area contributed by atoms with E-state index >= 15 is 0 Å². The van der Waals surface area contributed by atoms with E-state index in [1.165, 1.54) is 32.8 Å². The number of nitrogens with zero attached hydrogens (tertiary/aromatic N) is 4. The number of fused-ring (bicyclic) bond motifs is 13. The average molecular weight is 1520 g/mol. The number of anilines is 6. The smallest absolute Gasteiger partial charge is 0.264 e. The number of hydrogen-bond acceptors (Lipinski definition) is 3. The van der Waals surface area contributed by atoms with E-state index in [1.54, 1.807) is 11.3 Å². The first-order chi connectivity index (χ1) is 57.0. The van der Waals surface area contributed by atoms with E-state index in [1.807, 2.05) is 0 Å². The van der Waals surface area contributed by atoms with Crippen molar-refractivity contribution in [2.75, 3.05) is 9.80 Å². The molecule has 0 fully saturated rings. The highest BCUT2D eigenvalue weighted by Crippen LogP contribution is 2.58. The lowest BCUT2D eigenvalue weighted by atomic mass is 9.36. The Hall–Kier alpha value is -12.2. The number of thiophene rings is 1. The monoisotopic (exact) mass is 1520 g/mol. The van der Waals surface area contributed by atoms with E-state index in [0.29, 0.717) is 16.8 Å². The van der Waals surface area contributed by atoms with Crippen molar-refractivity contribution >= 4 is 154 Å². The van der Waals surface area contributed by atoms with E-state index in [4.69, 9.17) is 0 Å². The van der Waals surface area contributed by atoms with Crippen LogP contribution in [0.4, 0.5) is 34.1 Å². The van der Waals surface area contributed by atoms with Crippen LogP contribution in [-0.4, -0.2) is 15.8 Å². The third-order valence-corrected chi connectivity index (χ3v) is 26.5. The van der Waals surface area contributed by atoms with Gasteiger partial charge in [-0.3, -0.25) is 0 Å². The summed E-state index contributed by atoms with van der Waals surface area (Å²) < 4.78 is 42.3. The number of rotatable bonds is 8. The Balaban J connectivity index is 0.965. The van der Waals surface area contributed by atoms with Crippen molar-refractivity contribution in [1.29, 1.82) is 0 Å². The predicted octanol–water partition coefficient (Wildman–Crippen LogP) is 29.2. The molecule has 4 nitrogen and oxygen atoms in total. The van der Waals surface area contributed by atoms with Crippen molar-refractivity contribution in [2.24, 2.45) is 0 Å². The first kappa shape index (κ1) is 68.2.